The quantitative estimate of drug-likeness (QED) is 0.831. The molecule has 2 heterocycles. The number of nitrogens with zero attached hydrogens (tertiary/aromatic N) is 3. The molecule has 2 aliphatic rings. The van der Waals surface area contributed by atoms with Crippen molar-refractivity contribution in [2.45, 2.75) is 37.8 Å². The molecule has 0 atom stereocenters. The first-order chi connectivity index (χ1) is 8.36. The normalized spacial score (nSPS) is 24.2. The lowest BCUT2D eigenvalue weighted by Gasteiger charge is -2.41. The van der Waals surface area contributed by atoms with E-state index in [1.54, 1.807) is 0 Å². The van der Waals surface area contributed by atoms with Gasteiger partial charge in [0.15, 0.2) is 0 Å². The first-order valence-electron chi connectivity index (χ1n) is 6.60. The van der Waals surface area contributed by atoms with Crippen molar-refractivity contribution in [1.82, 2.24) is 20.2 Å². The summed E-state index contributed by atoms with van der Waals surface area (Å²) in [5.41, 5.74) is 0.396. The molecule has 0 aromatic carbocycles. The summed E-state index contributed by atoms with van der Waals surface area (Å²) in [5.74, 6) is 0.947. The highest BCUT2D eigenvalue weighted by molar-refractivity contribution is 4.99. The third kappa shape index (κ3) is 2.48. The summed E-state index contributed by atoms with van der Waals surface area (Å²) in [5, 5.41) is 3.73. The van der Waals surface area contributed by atoms with Crippen LogP contribution in [0.25, 0.3) is 0 Å². The average Bonchev–Trinajstić information content (AvgIpc) is 2.79. The van der Waals surface area contributed by atoms with Gasteiger partial charge in [0.1, 0.15) is 5.82 Å². The molecule has 1 aromatic heterocycles. The van der Waals surface area contributed by atoms with E-state index in [1.807, 2.05) is 18.5 Å². The monoisotopic (exact) mass is 232 g/mol. The maximum absolute atomic E-state index is 4.31. The molecule has 1 aliphatic carbocycles. The summed E-state index contributed by atoms with van der Waals surface area (Å²) in [6.45, 7) is 4.27. The van der Waals surface area contributed by atoms with Gasteiger partial charge in [0, 0.05) is 37.6 Å². The van der Waals surface area contributed by atoms with Crippen LogP contribution in [0.4, 0.5) is 0 Å². The Bertz CT molecular complexity index is 359. The van der Waals surface area contributed by atoms with Gasteiger partial charge in [0.2, 0.25) is 0 Å². The van der Waals surface area contributed by atoms with E-state index in [0.717, 1.165) is 32.0 Å². The van der Waals surface area contributed by atoms with E-state index in [0.29, 0.717) is 5.54 Å². The van der Waals surface area contributed by atoms with Crippen LogP contribution in [0.15, 0.2) is 18.5 Å². The van der Waals surface area contributed by atoms with Crippen molar-refractivity contribution in [3.8, 4) is 0 Å². The standard InChI is InChI=1S/C13H20N4/c1-2-5-13(4-1)11-17(9-8-16-13)10-12-14-6-3-7-15-12/h3,6-7,16H,1-2,4-5,8-11H2. The summed E-state index contributed by atoms with van der Waals surface area (Å²) in [6.07, 6.45) is 9.08. The van der Waals surface area contributed by atoms with Gasteiger partial charge in [-0.1, -0.05) is 12.8 Å². The molecule has 4 nitrogen and oxygen atoms in total. The maximum atomic E-state index is 4.31. The molecule has 2 fully saturated rings. The molecule has 3 rings (SSSR count). The molecule has 17 heavy (non-hydrogen) atoms. The van der Waals surface area contributed by atoms with Gasteiger partial charge in [-0.3, -0.25) is 4.90 Å². The van der Waals surface area contributed by atoms with Crippen molar-refractivity contribution in [2.24, 2.45) is 0 Å². The topological polar surface area (TPSA) is 41.1 Å². The van der Waals surface area contributed by atoms with Crippen LogP contribution in [-0.4, -0.2) is 40.0 Å². The first-order valence-corrected chi connectivity index (χ1v) is 6.60. The van der Waals surface area contributed by atoms with E-state index in [2.05, 4.69) is 20.2 Å². The van der Waals surface area contributed by atoms with Crippen molar-refractivity contribution in [2.75, 3.05) is 19.6 Å². The Morgan fingerprint density at radius 1 is 1.24 bits per heavy atom. The van der Waals surface area contributed by atoms with Gasteiger partial charge < -0.3 is 5.32 Å². The van der Waals surface area contributed by atoms with Crippen molar-refractivity contribution in [3.05, 3.63) is 24.3 Å². The second-order valence-electron chi connectivity index (χ2n) is 5.29. The number of nitrogens with one attached hydrogen (secondary N) is 1. The molecule has 92 valence electrons. The fourth-order valence-corrected chi connectivity index (χ4v) is 3.18. The van der Waals surface area contributed by atoms with Gasteiger partial charge in [-0.15, -0.1) is 0 Å². The minimum atomic E-state index is 0.396. The molecule has 1 aromatic rings. The minimum absolute atomic E-state index is 0.396. The Kier molecular flexibility index (Phi) is 3.07. The number of aromatic nitrogens is 2. The summed E-state index contributed by atoms with van der Waals surface area (Å²) in [7, 11) is 0. The number of hydrogen-bond donors (Lipinski definition) is 1. The Balaban J connectivity index is 1.64. The molecule has 4 heteroatoms. The Morgan fingerprint density at radius 3 is 2.76 bits per heavy atom. The number of hydrogen-bond acceptors (Lipinski definition) is 4. The van der Waals surface area contributed by atoms with Gasteiger partial charge in [0.25, 0.3) is 0 Å². The molecule has 1 saturated heterocycles. The zero-order valence-corrected chi connectivity index (χ0v) is 10.2. The lowest BCUT2D eigenvalue weighted by molar-refractivity contribution is 0.126. The predicted molar refractivity (Wildman–Crippen MR) is 66.5 cm³/mol. The van der Waals surface area contributed by atoms with E-state index in [-0.39, 0.29) is 0 Å². The van der Waals surface area contributed by atoms with Crippen LogP contribution in [0.1, 0.15) is 31.5 Å². The Labute approximate surface area is 102 Å². The third-order valence-electron chi connectivity index (χ3n) is 4.00. The van der Waals surface area contributed by atoms with Gasteiger partial charge >= 0.3 is 0 Å². The number of piperazine rings is 1. The van der Waals surface area contributed by atoms with E-state index in [9.17, 15) is 0 Å². The zero-order chi connectivity index (χ0) is 11.6. The fraction of sp³-hybridized carbons (Fsp3) is 0.692. The first kappa shape index (κ1) is 11.1. The van der Waals surface area contributed by atoms with Crippen LogP contribution < -0.4 is 5.32 Å². The van der Waals surface area contributed by atoms with Crippen molar-refractivity contribution >= 4 is 0 Å². The van der Waals surface area contributed by atoms with Crippen LogP contribution in [0.2, 0.25) is 0 Å². The summed E-state index contributed by atoms with van der Waals surface area (Å²) >= 11 is 0. The third-order valence-corrected chi connectivity index (χ3v) is 4.00. The zero-order valence-electron chi connectivity index (χ0n) is 10.2. The van der Waals surface area contributed by atoms with Crippen LogP contribution >= 0.6 is 0 Å². The highest BCUT2D eigenvalue weighted by atomic mass is 15.2. The van der Waals surface area contributed by atoms with Gasteiger partial charge in [-0.2, -0.15) is 0 Å². The lowest BCUT2D eigenvalue weighted by Crippen LogP contribution is -2.58. The molecular formula is C13H20N4. The second-order valence-corrected chi connectivity index (χ2v) is 5.29. The molecular weight excluding hydrogens is 212 g/mol. The molecule has 1 saturated carbocycles. The van der Waals surface area contributed by atoms with Gasteiger partial charge in [-0.05, 0) is 18.9 Å². The Hall–Kier alpha value is -1.00. The Morgan fingerprint density at radius 2 is 2.00 bits per heavy atom. The van der Waals surface area contributed by atoms with Gasteiger partial charge in [-0.25, -0.2) is 9.97 Å². The highest BCUT2D eigenvalue weighted by Crippen LogP contribution is 2.32. The number of rotatable bonds is 2. The summed E-state index contributed by atoms with van der Waals surface area (Å²) in [6, 6.07) is 1.87. The minimum Gasteiger partial charge on any atom is -0.309 e. The molecule has 1 aliphatic heterocycles. The molecule has 0 bridgehead atoms. The maximum Gasteiger partial charge on any atom is 0.142 e. The predicted octanol–water partition coefficient (Wildman–Crippen LogP) is 1.19. The molecule has 1 spiro atoms. The molecule has 0 amide bonds. The van der Waals surface area contributed by atoms with E-state index in [4.69, 9.17) is 0 Å². The van der Waals surface area contributed by atoms with E-state index < -0.39 is 0 Å². The average molecular weight is 232 g/mol. The van der Waals surface area contributed by atoms with Crippen LogP contribution in [0, 0.1) is 0 Å². The summed E-state index contributed by atoms with van der Waals surface area (Å²) in [4.78, 5) is 11.1. The van der Waals surface area contributed by atoms with Gasteiger partial charge in [0.05, 0.1) is 6.54 Å². The molecule has 0 radical (unpaired) electrons. The highest BCUT2D eigenvalue weighted by Gasteiger charge is 2.37. The van der Waals surface area contributed by atoms with Crippen molar-refractivity contribution in [1.29, 1.82) is 0 Å². The summed E-state index contributed by atoms with van der Waals surface area (Å²) < 4.78 is 0. The fourth-order valence-electron chi connectivity index (χ4n) is 3.18. The molecule has 1 N–H and O–H groups in total. The van der Waals surface area contributed by atoms with Crippen LogP contribution in [0.3, 0.4) is 0 Å². The van der Waals surface area contributed by atoms with Crippen molar-refractivity contribution in [3.63, 3.8) is 0 Å². The largest absolute Gasteiger partial charge is 0.309 e. The molecule has 0 unspecified atom stereocenters. The van der Waals surface area contributed by atoms with E-state index >= 15 is 0 Å². The van der Waals surface area contributed by atoms with Crippen molar-refractivity contribution < 1.29 is 0 Å². The smallest absolute Gasteiger partial charge is 0.142 e. The van der Waals surface area contributed by atoms with E-state index in [1.165, 1.54) is 25.7 Å². The second kappa shape index (κ2) is 4.70. The lowest BCUT2D eigenvalue weighted by atomic mass is 9.94. The van der Waals surface area contributed by atoms with Crippen LogP contribution in [-0.2, 0) is 6.54 Å². The van der Waals surface area contributed by atoms with Crippen LogP contribution in [0.5, 0.6) is 0 Å². The SMILES string of the molecule is c1cnc(CN2CCNC3(CCCC3)C2)nc1.